The van der Waals surface area contributed by atoms with E-state index in [1.54, 1.807) is 6.21 Å². The Morgan fingerprint density at radius 2 is 1.70 bits per heavy atom. The summed E-state index contributed by atoms with van der Waals surface area (Å²) < 4.78 is 0.990. The molecule has 0 rings (SSSR count). The van der Waals surface area contributed by atoms with Crippen molar-refractivity contribution in [1.29, 1.82) is 10.5 Å². The van der Waals surface area contributed by atoms with Gasteiger partial charge in [0.2, 0.25) is 0 Å². The number of hydrogen-bond acceptors (Lipinski definition) is 3. The SMILES string of the molecule is CC(C)(C#N)CCCCC/C=[N+](\[O-])C(C)(C)CCC#N. The average molecular weight is 277 g/mol. The first-order valence-corrected chi connectivity index (χ1v) is 7.33. The molecule has 0 heterocycles. The lowest BCUT2D eigenvalue weighted by Crippen LogP contribution is -2.33. The monoisotopic (exact) mass is 277 g/mol. The maximum atomic E-state index is 11.9. The molecule has 0 aromatic carbocycles. The van der Waals surface area contributed by atoms with E-state index >= 15 is 0 Å². The van der Waals surface area contributed by atoms with Crippen LogP contribution in [0.3, 0.4) is 0 Å². The van der Waals surface area contributed by atoms with Crippen molar-refractivity contribution in [3.8, 4) is 12.1 Å². The summed E-state index contributed by atoms with van der Waals surface area (Å²) in [6, 6.07) is 4.37. The summed E-state index contributed by atoms with van der Waals surface area (Å²) in [7, 11) is 0. The number of nitriles is 2. The van der Waals surface area contributed by atoms with Gasteiger partial charge in [-0.05, 0) is 26.7 Å². The molecule has 4 heteroatoms. The predicted octanol–water partition coefficient (Wildman–Crippen LogP) is 4.15. The fourth-order valence-electron chi connectivity index (χ4n) is 1.87. The van der Waals surface area contributed by atoms with Gasteiger partial charge in [-0.1, -0.05) is 12.8 Å². The number of rotatable bonds is 9. The number of hydroxylamine groups is 1. The standard InChI is InChI=1S/C16H27N3O/c1-15(2,14-18)10-7-5-6-8-13-19(20)16(3,4)11-9-12-17/h13H,5-11H2,1-4H3/b19-13-. The van der Waals surface area contributed by atoms with Gasteiger partial charge < -0.3 is 5.21 Å². The van der Waals surface area contributed by atoms with Gasteiger partial charge in [-0.15, -0.1) is 0 Å². The van der Waals surface area contributed by atoms with E-state index in [9.17, 15) is 5.21 Å². The Morgan fingerprint density at radius 1 is 1.05 bits per heavy atom. The topological polar surface area (TPSA) is 73.7 Å². The van der Waals surface area contributed by atoms with Crippen molar-refractivity contribution in [3.05, 3.63) is 5.21 Å². The third kappa shape index (κ3) is 7.79. The number of nitrogens with zero attached hydrogens (tertiary/aromatic N) is 3. The van der Waals surface area contributed by atoms with E-state index in [-0.39, 0.29) is 5.41 Å². The van der Waals surface area contributed by atoms with E-state index in [1.807, 2.05) is 27.7 Å². The van der Waals surface area contributed by atoms with Crippen molar-refractivity contribution in [2.24, 2.45) is 5.41 Å². The van der Waals surface area contributed by atoms with Gasteiger partial charge in [-0.2, -0.15) is 10.5 Å². The zero-order chi connectivity index (χ0) is 15.6. The van der Waals surface area contributed by atoms with Crippen LogP contribution in [-0.4, -0.2) is 16.5 Å². The molecule has 0 aliphatic heterocycles. The molecule has 0 saturated carbocycles. The average Bonchev–Trinajstić information content (AvgIpc) is 2.40. The minimum absolute atomic E-state index is 0.242. The van der Waals surface area contributed by atoms with Gasteiger partial charge in [0.1, 0.15) is 0 Å². The molecule has 0 aliphatic carbocycles. The summed E-state index contributed by atoms with van der Waals surface area (Å²) in [4.78, 5) is 0. The molecule has 0 aromatic rings. The van der Waals surface area contributed by atoms with Crippen LogP contribution in [-0.2, 0) is 0 Å². The van der Waals surface area contributed by atoms with Gasteiger partial charge in [-0.25, -0.2) is 4.74 Å². The molecular formula is C16H27N3O. The quantitative estimate of drug-likeness (QED) is 0.209. The summed E-state index contributed by atoms with van der Waals surface area (Å²) in [5.41, 5.74) is -0.744. The molecule has 0 spiro atoms. The Morgan fingerprint density at radius 3 is 2.25 bits per heavy atom. The smallest absolute Gasteiger partial charge is 0.168 e. The van der Waals surface area contributed by atoms with E-state index < -0.39 is 5.54 Å². The fraction of sp³-hybridized carbons (Fsp3) is 0.812. The predicted molar refractivity (Wildman–Crippen MR) is 81.1 cm³/mol. The summed E-state index contributed by atoms with van der Waals surface area (Å²) >= 11 is 0. The minimum Gasteiger partial charge on any atom is -0.624 e. The maximum absolute atomic E-state index is 11.9. The van der Waals surface area contributed by atoms with Crippen LogP contribution < -0.4 is 0 Å². The second-order valence-electron chi connectivity index (χ2n) is 6.57. The first-order chi connectivity index (χ1) is 9.25. The van der Waals surface area contributed by atoms with Gasteiger partial charge in [0.05, 0.1) is 17.6 Å². The summed E-state index contributed by atoms with van der Waals surface area (Å²) in [5, 5.41) is 29.4. The normalized spacial score (nSPS) is 12.8. The Kier molecular flexibility index (Phi) is 7.92. The molecule has 0 saturated heterocycles. The fourth-order valence-corrected chi connectivity index (χ4v) is 1.87. The van der Waals surface area contributed by atoms with Crippen LogP contribution in [0.1, 0.15) is 72.6 Å². The van der Waals surface area contributed by atoms with Crippen LogP contribution in [0, 0.1) is 33.3 Å². The molecule has 0 aromatic heterocycles. The third-order valence-corrected chi connectivity index (χ3v) is 3.55. The van der Waals surface area contributed by atoms with Gasteiger partial charge in [0.15, 0.2) is 11.8 Å². The lowest BCUT2D eigenvalue weighted by molar-refractivity contribution is -0.538. The second-order valence-corrected chi connectivity index (χ2v) is 6.57. The Hall–Kier alpha value is -1.55. The number of unbranched alkanes of at least 4 members (excludes halogenated alkanes) is 3. The van der Waals surface area contributed by atoms with Gasteiger partial charge in [-0.3, -0.25) is 0 Å². The molecule has 0 N–H and O–H groups in total. The van der Waals surface area contributed by atoms with E-state index in [2.05, 4.69) is 12.1 Å². The summed E-state index contributed by atoms with van der Waals surface area (Å²) in [6.45, 7) is 7.64. The molecule has 0 amide bonds. The Bertz CT molecular complexity index is 397. The Labute approximate surface area is 123 Å². The highest BCUT2D eigenvalue weighted by Crippen LogP contribution is 2.22. The molecule has 112 valence electrons. The summed E-state index contributed by atoms with van der Waals surface area (Å²) in [5.74, 6) is 0. The molecule has 0 aliphatic rings. The maximum Gasteiger partial charge on any atom is 0.168 e. The molecule has 0 unspecified atom stereocenters. The molecular weight excluding hydrogens is 250 g/mol. The highest BCUT2D eigenvalue weighted by molar-refractivity contribution is 5.51. The van der Waals surface area contributed by atoms with E-state index in [1.165, 1.54) is 0 Å². The van der Waals surface area contributed by atoms with Gasteiger partial charge in [0.25, 0.3) is 0 Å². The molecule has 0 radical (unpaired) electrons. The van der Waals surface area contributed by atoms with E-state index in [4.69, 9.17) is 10.5 Å². The van der Waals surface area contributed by atoms with Crippen molar-refractivity contribution in [2.45, 2.75) is 78.2 Å². The van der Waals surface area contributed by atoms with Crippen LogP contribution in [0.2, 0.25) is 0 Å². The van der Waals surface area contributed by atoms with Crippen LogP contribution in [0.5, 0.6) is 0 Å². The first kappa shape index (κ1) is 18.4. The lowest BCUT2D eigenvalue weighted by atomic mass is 9.89. The lowest BCUT2D eigenvalue weighted by Gasteiger charge is -2.22. The molecule has 0 fully saturated rings. The van der Waals surface area contributed by atoms with E-state index in [0.717, 1.165) is 36.8 Å². The van der Waals surface area contributed by atoms with Crippen LogP contribution in [0.25, 0.3) is 0 Å². The molecule has 0 atom stereocenters. The first-order valence-electron chi connectivity index (χ1n) is 7.33. The molecule has 0 bridgehead atoms. The zero-order valence-electron chi connectivity index (χ0n) is 13.3. The van der Waals surface area contributed by atoms with E-state index in [0.29, 0.717) is 12.8 Å². The molecule has 20 heavy (non-hydrogen) atoms. The molecule has 4 nitrogen and oxygen atoms in total. The summed E-state index contributed by atoms with van der Waals surface area (Å²) in [6.07, 6.45) is 7.36. The third-order valence-electron chi connectivity index (χ3n) is 3.55. The zero-order valence-corrected chi connectivity index (χ0v) is 13.3. The highest BCUT2D eigenvalue weighted by Gasteiger charge is 2.25. The Balaban J connectivity index is 3.96. The van der Waals surface area contributed by atoms with Crippen molar-refractivity contribution >= 4 is 6.21 Å². The van der Waals surface area contributed by atoms with Gasteiger partial charge in [0, 0.05) is 33.1 Å². The van der Waals surface area contributed by atoms with Crippen LogP contribution >= 0.6 is 0 Å². The van der Waals surface area contributed by atoms with Crippen molar-refractivity contribution < 1.29 is 4.74 Å². The van der Waals surface area contributed by atoms with Crippen molar-refractivity contribution in [3.63, 3.8) is 0 Å². The minimum atomic E-state index is -0.501. The highest BCUT2D eigenvalue weighted by atomic mass is 16.5. The van der Waals surface area contributed by atoms with Crippen molar-refractivity contribution in [2.75, 3.05) is 0 Å². The second kappa shape index (κ2) is 8.59. The van der Waals surface area contributed by atoms with Gasteiger partial charge >= 0.3 is 0 Å². The van der Waals surface area contributed by atoms with Crippen molar-refractivity contribution in [1.82, 2.24) is 0 Å². The largest absolute Gasteiger partial charge is 0.624 e. The van der Waals surface area contributed by atoms with Crippen LogP contribution in [0.4, 0.5) is 0 Å². The number of hydrogen-bond donors (Lipinski definition) is 0. The van der Waals surface area contributed by atoms with Crippen LogP contribution in [0.15, 0.2) is 0 Å².